The van der Waals surface area contributed by atoms with Gasteiger partial charge in [-0.05, 0) is 44.7 Å². The van der Waals surface area contributed by atoms with E-state index in [2.05, 4.69) is 20.0 Å². The van der Waals surface area contributed by atoms with Crippen LogP contribution in [-0.4, -0.2) is 56.2 Å². The van der Waals surface area contributed by atoms with Gasteiger partial charge < -0.3 is 9.80 Å². The van der Waals surface area contributed by atoms with Gasteiger partial charge in [-0.3, -0.25) is 9.48 Å². The van der Waals surface area contributed by atoms with E-state index in [1.807, 2.05) is 31.9 Å². The van der Waals surface area contributed by atoms with E-state index in [4.69, 9.17) is 0 Å². The van der Waals surface area contributed by atoms with Gasteiger partial charge in [0, 0.05) is 44.3 Å². The summed E-state index contributed by atoms with van der Waals surface area (Å²) < 4.78 is 1.66. The largest absolute Gasteiger partial charge is 0.338 e. The predicted octanol–water partition coefficient (Wildman–Crippen LogP) is 1.57. The van der Waals surface area contributed by atoms with Crippen LogP contribution in [0.15, 0.2) is 18.3 Å². The zero-order valence-electron chi connectivity index (χ0n) is 15.0. The fraction of sp³-hybridized carbons (Fsp3) is 0.556. The minimum Gasteiger partial charge on any atom is -0.338 e. The molecule has 4 rings (SSSR count). The Labute approximate surface area is 147 Å². The highest BCUT2D eigenvalue weighted by Gasteiger charge is 2.42. The van der Waals surface area contributed by atoms with Crippen LogP contribution in [0.5, 0.6) is 0 Å². The normalized spacial score (nSPS) is 23.0. The summed E-state index contributed by atoms with van der Waals surface area (Å²) in [5.74, 6) is 1.35. The number of rotatable bonds is 2. The number of anilines is 1. The molecule has 0 aromatic carbocycles. The van der Waals surface area contributed by atoms with Crippen molar-refractivity contribution in [2.75, 3.05) is 24.5 Å². The van der Waals surface area contributed by atoms with E-state index in [0.717, 1.165) is 49.8 Å². The maximum atomic E-state index is 13.0. The third-order valence-corrected chi connectivity index (χ3v) is 5.33. The first-order chi connectivity index (χ1) is 12.0. The van der Waals surface area contributed by atoms with Crippen LogP contribution in [0.3, 0.4) is 0 Å². The van der Waals surface area contributed by atoms with Crippen molar-refractivity contribution in [3.63, 3.8) is 0 Å². The van der Waals surface area contributed by atoms with Crippen LogP contribution in [0.2, 0.25) is 0 Å². The Balaban J connectivity index is 1.58. The Morgan fingerprint density at radius 1 is 1.20 bits per heavy atom. The number of aryl methyl sites for hydroxylation is 3. The Morgan fingerprint density at radius 2 is 1.96 bits per heavy atom. The highest BCUT2D eigenvalue weighted by molar-refractivity contribution is 5.93. The lowest BCUT2D eigenvalue weighted by molar-refractivity contribution is 0.0564. The van der Waals surface area contributed by atoms with Crippen molar-refractivity contribution in [1.29, 1.82) is 0 Å². The van der Waals surface area contributed by atoms with Gasteiger partial charge in [0.15, 0.2) is 0 Å². The second-order valence-corrected chi connectivity index (χ2v) is 7.16. The number of amides is 1. The van der Waals surface area contributed by atoms with Crippen molar-refractivity contribution in [1.82, 2.24) is 24.6 Å². The molecule has 2 saturated heterocycles. The maximum absolute atomic E-state index is 13.0. The predicted molar refractivity (Wildman–Crippen MR) is 94.5 cm³/mol. The lowest BCUT2D eigenvalue weighted by Gasteiger charge is -2.36. The number of aromatic nitrogens is 4. The number of hydrogen-bond acceptors (Lipinski definition) is 5. The number of likely N-dealkylation sites (tertiary alicyclic amines) is 1. The molecule has 0 aliphatic carbocycles. The van der Waals surface area contributed by atoms with Gasteiger partial charge in [0.25, 0.3) is 5.91 Å². The van der Waals surface area contributed by atoms with E-state index < -0.39 is 0 Å². The number of nitrogens with zero attached hydrogens (tertiary/aromatic N) is 6. The second-order valence-electron chi connectivity index (χ2n) is 7.16. The van der Waals surface area contributed by atoms with Crippen molar-refractivity contribution in [2.24, 2.45) is 13.0 Å². The van der Waals surface area contributed by atoms with Crippen LogP contribution < -0.4 is 4.90 Å². The molecular weight excluding hydrogens is 316 g/mol. The molecule has 4 heterocycles. The minimum atomic E-state index is 0.0814. The molecule has 2 atom stereocenters. The highest BCUT2D eigenvalue weighted by Crippen LogP contribution is 2.33. The summed E-state index contributed by atoms with van der Waals surface area (Å²) in [6.45, 7) is 6.53. The number of piperidine rings is 1. The standard InChI is InChI=1S/C18H24N6O/c1-12-9-13(2)21-18(20-12)23-10-14-5-4-8-24(16(14)11-23)17(25)15-6-7-19-22(15)3/h6-7,9,14,16H,4-5,8,10-11H2,1-3H3/t14-,16+/m0/s1. The van der Waals surface area contributed by atoms with Crippen molar-refractivity contribution in [2.45, 2.75) is 32.7 Å². The maximum Gasteiger partial charge on any atom is 0.272 e. The first kappa shape index (κ1) is 16.1. The van der Waals surface area contributed by atoms with Crippen LogP contribution >= 0.6 is 0 Å². The monoisotopic (exact) mass is 340 g/mol. The first-order valence-corrected chi connectivity index (χ1v) is 8.89. The third kappa shape index (κ3) is 2.88. The minimum absolute atomic E-state index is 0.0814. The van der Waals surface area contributed by atoms with E-state index >= 15 is 0 Å². The zero-order chi connectivity index (χ0) is 17.6. The number of fused-ring (bicyclic) bond motifs is 1. The summed E-state index contributed by atoms with van der Waals surface area (Å²) in [4.78, 5) is 26.5. The van der Waals surface area contributed by atoms with E-state index in [-0.39, 0.29) is 11.9 Å². The SMILES string of the molecule is Cc1cc(C)nc(N2C[C@@H]3CCCN(C(=O)c4ccnn4C)[C@@H]3C2)n1. The fourth-order valence-corrected chi connectivity index (χ4v) is 4.18. The average Bonchev–Trinajstić information content (AvgIpc) is 3.19. The molecule has 2 aliphatic heterocycles. The molecule has 25 heavy (non-hydrogen) atoms. The van der Waals surface area contributed by atoms with Crippen molar-refractivity contribution in [3.8, 4) is 0 Å². The van der Waals surface area contributed by atoms with Gasteiger partial charge in [0.2, 0.25) is 5.95 Å². The fourth-order valence-electron chi connectivity index (χ4n) is 4.18. The van der Waals surface area contributed by atoms with Gasteiger partial charge in [-0.15, -0.1) is 0 Å². The lowest BCUT2D eigenvalue weighted by Crippen LogP contribution is -2.48. The Morgan fingerprint density at radius 3 is 2.64 bits per heavy atom. The Hall–Kier alpha value is -2.44. The molecule has 0 bridgehead atoms. The molecule has 2 fully saturated rings. The molecule has 2 aromatic heterocycles. The Kier molecular flexibility index (Phi) is 3.94. The highest BCUT2D eigenvalue weighted by atomic mass is 16.2. The summed E-state index contributed by atoms with van der Waals surface area (Å²) in [7, 11) is 1.82. The molecule has 2 aromatic rings. The lowest BCUT2D eigenvalue weighted by atomic mass is 9.92. The molecule has 0 saturated carbocycles. The molecule has 0 radical (unpaired) electrons. The average molecular weight is 340 g/mol. The second kappa shape index (κ2) is 6.13. The molecule has 2 aliphatic rings. The van der Waals surface area contributed by atoms with Crippen LogP contribution in [0.4, 0.5) is 5.95 Å². The van der Waals surface area contributed by atoms with Gasteiger partial charge >= 0.3 is 0 Å². The Bertz CT molecular complexity index is 780. The summed E-state index contributed by atoms with van der Waals surface area (Å²) in [5, 5.41) is 4.14. The van der Waals surface area contributed by atoms with Crippen LogP contribution in [0, 0.1) is 19.8 Å². The molecule has 132 valence electrons. The molecule has 0 spiro atoms. The molecule has 7 nitrogen and oxygen atoms in total. The van der Waals surface area contributed by atoms with Gasteiger partial charge in [0.05, 0.1) is 6.04 Å². The zero-order valence-corrected chi connectivity index (χ0v) is 15.0. The van der Waals surface area contributed by atoms with Gasteiger partial charge in [-0.1, -0.05) is 0 Å². The summed E-state index contributed by atoms with van der Waals surface area (Å²) in [6, 6.07) is 4.01. The van der Waals surface area contributed by atoms with Gasteiger partial charge in [-0.2, -0.15) is 5.10 Å². The molecular formula is C18H24N6O. The van der Waals surface area contributed by atoms with Crippen LogP contribution in [-0.2, 0) is 7.05 Å². The van der Waals surface area contributed by atoms with Crippen molar-refractivity contribution >= 4 is 11.9 Å². The summed E-state index contributed by atoms with van der Waals surface area (Å²) in [5.41, 5.74) is 2.63. The van der Waals surface area contributed by atoms with Crippen molar-refractivity contribution in [3.05, 3.63) is 35.4 Å². The van der Waals surface area contributed by atoms with E-state index in [1.54, 1.807) is 16.9 Å². The molecule has 0 N–H and O–H groups in total. The van der Waals surface area contributed by atoms with Crippen LogP contribution in [0.1, 0.15) is 34.7 Å². The van der Waals surface area contributed by atoms with Gasteiger partial charge in [0.1, 0.15) is 5.69 Å². The number of carbonyl (C=O) groups excluding carboxylic acids is 1. The molecule has 0 unspecified atom stereocenters. The summed E-state index contributed by atoms with van der Waals surface area (Å²) >= 11 is 0. The molecule has 7 heteroatoms. The summed E-state index contributed by atoms with van der Waals surface area (Å²) in [6.07, 6.45) is 3.88. The van der Waals surface area contributed by atoms with Crippen LogP contribution in [0.25, 0.3) is 0 Å². The number of carbonyl (C=O) groups is 1. The quantitative estimate of drug-likeness (QED) is 0.830. The first-order valence-electron chi connectivity index (χ1n) is 8.89. The number of hydrogen-bond donors (Lipinski definition) is 0. The van der Waals surface area contributed by atoms with E-state index in [1.165, 1.54) is 0 Å². The smallest absolute Gasteiger partial charge is 0.272 e. The molecule has 1 amide bonds. The van der Waals surface area contributed by atoms with E-state index in [0.29, 0.717) is 11.6 Å². The topological polar surface area (TPSA) is 67.2 Å². The van der Waals surface area contributed by atoms with Gasteiger partial charge in [-0.25, -0.2) is 9.97 Å². The third-order valence-electron chi connectivity index (χ3n) is 5.33. The van der Waals surface area contributed by atoms with E-state index in [9.17, 15) is 4.79 Å². The van der Waals surface area contributed by atoms with Crippen molar-refractivity contribution < 1.29 is 4.79 Å².